The van der Waals surface area contributed by atoms with Crippen LogP contribution in [0.1, 0.15) is 25.3 Å². The number of anilines is 1. The molecule has 22 heavy (non-hydrogen) atoms. The molecule has 2 saturated heterocycles. The van der Waals surface area contributed by atoms with Crippen LogP contribution in [-0.4, -0.2) is 43.7 Å². The van der Waals surface area contributed by atoms with Crippen LogP contribution >= 0.6 is 0 Å². The molecule has 1 aromatic carbocycles. The number of nitrogens with two attached hydrogens (primary N) is 1. The molecule has 2 heterocycles. The molecule has 120 valence electrons. The summed E-state index contributed by atoms with van der Waals surface area (Å²) in [6.07, 6.45) is -1.35. The lowest BCUT2D eigenvalue weighted by Crippen LogP contribution is -2.38. The van der Waals surface area contributed by atoms with Gasteiger partial charge >= 0.3 is 6.09 Å². The minimum Gasteiger partial charge on any atom is -0.441 e. The number of benzene rings is 1. The van der Waals surface area contributed by atoms with E-state index in [0.717, 1.165) is 0 Å². The molecule has 0 unspecified atom stereocenters. The fourth-order valence-corrected chi connectivity index (χ4v) is 2.83. The van der Waals surface area contributed by atoms with Gasteiger partial charge in [0, 0.05) is 5.69 Å². The third-order valence-corrected chi connectivity index (χ3v) is 4.13. The summed E-state index contributed by atoms with van der Waals surface area (Å²) in [5.74, 6) is 0.456. The van der Waals surface area contributed by atoms with E-state index in [1.165, 1.54) is 5.56 Å². The molecule has 0 saturated carbocycles. The van der Waals surface area contributed by atoms with Crippen molar-refractivity contribution >= 4 is 11.8 Å². The van der Waals surface area contributed by atoms with Gasteiger partial charge in [0.25, 0.3) is 0 Å². The van der Waals surface area contributed by atoms with Crippen molar-refractivity contribution in [3.63, 3.8) is 0 Å². The molecule has 2 aliphatic rings. The van der Waals surface area contributed by atoms with E-state index in [1.54, 1.807) is 0 Å². The maximum atomic E-state index is 12.0. The Balaban J connectivity index is 1.54. The summed E-state index contributed by atoms with van der Waals surface area (Å²) < 4.78 is 16.5. The zero-order valence-corrected chi connectivity index (χ0v) is 12.8. The van der Waals surface area contributed by atoms with E-state index >= 15 is 0 Å². The molecule has 0 radical (unpaired) electrons. The Morgan fingerprint density at radius 1 is 1.23 bits per heavy atom. The molecule has 0 bridgehead atoms. The molecule has 4 atom stereocenters. The number of ether oxygens (including phenoxy) is 3. The number of hydrogen-bond acceptors (Lipinski definition) is 5. The van der Waals surface area contributed by atoms with Gasteiger partial charge in [0.15, 0.2) is 6.10 Å². The highest BCUT2D eigenvalue weighted by molar-refractivity contribution is 5.84. The minimum absolute atomic E-state index is 0.148. The molecular weight excluding hydrogens is 284 g/mol. The van der Waals surface area contributed by atoms with Crippen LogP contribution < -0.4 is 11.1 Å². The lowest BCUT2D eigenvalue weighted by molar-refractivity contribution is 0.00900. The lowest BCUT2D eigenvalue weighted by Gasteiger charge is -2.17. The van der Waals surface area contributed by atoms with Gasteiger partial charge in [-0.15, -0.1) is 0 Å². The second-order valence-electron chi connectivity index (χ2n) is 6.11. The second kappa shape index (κ2) is 6.24. The van der Waals surface area contributed by atoms with Crippen molar-refractivity contribution < 1.29 is 19.0 Å². The monoisotopic (exact) mass is 306 g/mol. The molecule has 2 fully saturated rings. The first-order valence-electron chi connectivity index (χ1n) is 7.61. The van der Waals surface area contributed by atoms with Gasteiger partial charge in [-0.25, -0.2) is 4.79 Å². The van der Waals surface area contributed by atoms with Crippen molar-refractivity contribution in [1.82, 2.24) is 0 Å². The lowest BCUT2D eigenvalue weighted by atomic mass is 10.0. The van der Waals surface area contributed by atoms with Gasteiger partial charge in [0.1, 0.15) is 12.2 Å². The van der Waals surface area contributed by atoms with Crippen molar-refractivity contribution in [2.45, 2.75) is 44.1 Å². The van der Waals surface area contributed by atoms with Gasteiger partial charge in [-0.05, 0) is 23.6 Å². The first-order chi connectivity index (χ1) is 10.5. The zero-order chi connectivity index (χ0) is 15.7. The summed E-state index contributed by atoms with van der Waals surface area (Å²) in [4.78, 5) is 12.0. The van der Waals surface area contributed by atoms with Crippen molar-refractivity contribution in [1.29, 1.82) is 0 Å². The zero-order valence-electron chi connectivity index (χ0n) is 12.8. The molecule has 2 aliphatic heterocycles. The number of amides is 1. The Bertz CT molecular complexity index is 531. The number of fused-ring (bicyclic) bond motifs is 1. The summed E-state index contributed by atoms with van der Waals surface area (Å²) in [7, 11) is 0. The smallest absolute Gasteiger partial charge is 0.412 e. The second-order valence-corrected chi connectivity index (χ2v) is 6.11. The number of rotatable bonds is 3. The molecule has 6 heteroatoms. The van der Waals surface area contributed by atoms with Crippen molar-refractivity contribution in [3.8, 4) is 0 Å². The average Bonchev–Trinajstić information content (AvgIpc) is 3.04. The van der Waals surface area contributed by atoms with E-state index in [2.05, 4.69) is 19.2 Å². The first kappa shape index (κ1) is 15.3. The first-order valence-corrected chi connectivity index (χ1v) is 7.61. The van der Waals surface area contributed by atoms with Gasteiger partial charge in [-0.3, -0.25) is 5.32 Å². The molecular formula is C16H22N2O4. The van der Waals surface area contributed by atoms with Crippen LogP contribution in [0.4, 0.5) is 10.5 Å². The van der Waals surface area contributed by atoms with Crippen LogP contribution in [0.25, 0.3) is 0 Å². The molecule has 1 aromatic rings. The summed E-state index contributed by atoms with van der Waals surface area (Å²) >= 11 is 0. The fourth-order valence-electron chi connectivity index (χ4n) is 2.83. The van der Waals surface area contributed by atoms with Gasteiger partial charge < -0.3 is 19.9 Å². The van der Waals surface area contributed by atoms with Crippen molar-refractivity contribution in [2.75, 3.05) is 18.5 Å². The predicted octanol–water partition coefficient (Wildman–Crippen LogP) is 1.85. The van der Waals surface area contributed by atoms with E-state index in [-0.39, 0.29) is 18.2 Å². The summed E-state index contributed by atoms with van der Waals surface area (Å²) in [6, 6.07) is 7.58. The largest absolute Gasteiger partial charge is 0.441 e. The van der Waals surface area contributed by atoms with E-state index in [4.69, 9.17) is 19.9 Å². The van der Waals surface area contributed by atoms with Gasteiger partial charge in [-0.1, -0.05) is 26.0 Å². The van der Waals surface area contributed by atoms with Crippen molar-refractivity contribution in [3.05, 3.63) is 29.8 Å². The van der Waals surface area contributed by atoms with E-state index in [0.29, 0.717) is 24.8 Å². The molecule has 6 nitrogen and oxygen atoms in total. The Morgan fingerprint density at radius 2 is 1.91 bits per heavy atom. The summed E-state index contributed by atoms with van der Waals surface area (Å²) in [5, 5.41) is 2.72. The van der Waals surface area contributed by atoms with Gasteiger partial charge in [0.05, 0.1) is 19.3 Å². The van der Waals surface area contributed by atoms with Crippen LogP contribution in [0.5, 0.6) is 0 Å². The predicted molar refractivity (Wildman–Crippen MR) is 81.9 cm³/mol. The average molecular weight is 306 g/mol. The van der Waals surface area contributed by atoms with E-state index in [9.17, 15) is 4.79 Å². The maximum absolute atomic E-state index is 12.0. The van der Waals surface area contributed by atoms with E-state index < -0.39 is 12.2 Å². The van der Waals surface area contributed by atoms with Crippen LogP contribution in [0, 0.1) is 0 Å². The highest BCUT2D eigenvalue weighted by Gasteiger charge is 2.48. The van der Waals surface area contributed by atoms with Crippen molar-refractivity contribution in [2.24, 2.45) is 5.73 Å². The maximum Gasteiger partial charge on any atom is 0.412 e. The SMILES string of the molecule is CC(C)c1ccc(NC(=O)O[C@@H]2CO[C@H]3[C@@H]2OC[C@@H]3N)cc1. The van der Waals surface area contributed by atoms with Crippen LogP contribution in [0.15, 0.2) is 24.3 Å². The van der Waals surface area contributed by atoms with E-state index in [1.807, 2.05) is 24.3 Å². The van der Waals surface area contributed by atoms with Crippen LogP contribution in [-0.2, 0) is 14.2 Å². The normalized spacial score (nSPS) is 30.4. The number of hydrogen-bond donors (Lipinski definition) is 2. The molecule has 0 aromatic heterocycles. The van der Waals surface area contributed by atoms with Gasteiger partial charge in [0.2, 0.25) is 0 Å². The van der Waals surface area contributed by atoms with Crippen LogP contribution in [0.3, 0.4) is 0 Å². The summed E-state index contributed by atoms with van der Waals surface area (Å²) in [6.45, 7) is 5.01. The number of nitrogens with one attached hydrogen (secondary N) is 1. The molecule has 1 amide bonds. The molecule has 0 aliphatic carbocycles. The van der Waals surface area contributed by atoms with Crippen LogP contribution in [0.2, 0.25) is 0 Å². The van der Waals surface area contributed by atoms with Gasteiger partial charge in [-0.2, -0.15) is 0 Å². The highest BCUT2D eigenvalue weighted by atomic mass is 16.6. The Labute approximate surface area is 129 Å². The molecule has 0 spiro atoms. The Kier molecular flexibility index (Phi) is 4.33. The minimum atomic E-state index is -0.504. The quantitative estimate of drug-likeness (QED) is 0.890. The highest BCUT2D eigenvalue weighted by Crippen LogP contribution is 2.28. The number of carbonyl (C=O) groups excluding carboxylic acids is 1. The Hall–Kier alpha value is -1.63. The summed E-state index contributed by atoms with van der Waals surface area (Å²) in [5.41, 5.74) is 7.79. The standard InChI is InChI=1S/C16H22N2O4/c1-9(2)10-3-5-11(6-4-10)18-16(19)22-13-8-21-14-12(17)7-20-15(13)14/h3-6,9,12-15H,7-8,17H2,1-2H3,(H,18,19)/t12-,13+,14+,15+/m0/s1. The number of carbonyl (C=O) groups is 1. The topological polar surface area (TPSA) is 82.8 Å². The Morgan fingerprint density at radius 3 is 2.59 bits per heavy atom. The fraction of sp³-hybridized carbons (Fsp3) is 0.562. The molecule has 3 rings (SSSR count). The third kappa shape index (κ3) is 3.09. The molecule has 3 N–H and O–H groups in total. The third-order valence-electron chi connectivity index (χ3n) is 4.13.